The van der Waals surface area contributed by atoms with Gasteiger partial charge in [0, 0.05) is 24.0 Å². The molecule has 1 N–H and O–H groups in total. The molecule has 1 aliphatic heterocycles. The van der Waals surface area contributed by atoms with E-state index in [0.29, 0.717) is 17.4 Å². The minimum atomic E-state index is -3.67. The second kappa shape index (κ2) is 6.01. The summed E-state index contributed by atoms with van der Waals surface area (Å²) in [6, 6.07) is 4.59. The summed E-state index contributed by atoms with van der Waals surface area (Å²) in [7, 11) is -3.67. The third-order valence-electron chi connectivity index (χ3n) is 3.22. The van der Waals surface area contributed by atoms with Crippen molar-refractivity contribution in [2.45, 2.75) is 17.7 Å². The summed E-state index contributed by atoms with van der Waals surface area (Å²) in [5, 5.41) is 8.91. The van der Waals surface area contributed by atoms with E-state index in [1.807, 2.05) is 0 Å². The molecule has 2 rings (SSSR count). The third kappa shape index (κ3) is 3.33. The zero-order valence-corrected chi connectivity index (χ0v) is 13.6. The maximum absolute atomic E-state index is 12.5. The Morgan fingerprint density at radius 3 is 2.80 bits per heavy atom. The van der Waals surface area contributed by atoms with E-state index in [9.17, 15) is 13.2 Å². The lowest BCUT2D eigenvalue weighted by Crippen LogP contribution is -2.29. The maximum atomic E-state index is 12.5. The van der Waals surface area contributed by atoms with Gasteiger partial charge in [-0.25, -0.2) is 8.42 Å². The van der Waals surface area contributed by atoms with E-state index in [1.54, 1.807) is 6.07 Å². The van der Waals surface area contributed by atoms with Gasteiger partial charge in [-0.1, -0.05) is 27.5 Å². The van der Waals surface area contributed by atoms with Gasteiger partial charge in [-0.2, -0.15) is 4.31 Å². The van der Waals surface area contributed by atoms with Crippen LogP contribution < -0.4 is 0 Å². The number of benzene rings is 1. The number of nitrogens with zero attached hydrogens (tertiary/aromatic N) is 1. The monoisotopic (exact) mass is 381 g/mol. The molecule has 5 nitrogen and oxygen atoms in total. The minimum Gasteiger partial charge on any atom is -0.481 e. The number of carboxylic acids is 1. The molecule has 0 bridgehead atoms. The molecule has 110 valence electrons. The van der Waals surface area contributed by atoms with E-state index in [0.717, 1.165) is 0 Å². The first kappa shape index (κ1) is 15.8. The van der Waals surface area contributed by atoms with Crippen LogP contribution in [0.15, 0.2) is 27.6 Å². The number of hydrogen-bond donors (Lipinski definition) is 1. The maximum Gasteiger partial charge on any atom is 0.303 e. The van der Waals surface area contributed by atoms with Gasteiger partial charge in [0.2, 0.25) is 10.0 Å². The van der Waals surface area contributed by atoms with Gasteiger partial charge in [-0.15, -0.1) is 0 Å². The van der Waals surface area contributed by atoms with Crippen molar-refractivity contribution in [2.75, 3.05) is 13.1 Å². The zero-order valence-electron chi connectivity index (χ0n) is 10.4. The Balaban J connectivity index is 2.21. The van der Waals surface area contributed by atoms with Crippen LogP contribution in [-0.4, -0.2) is 36.9 Å². The average molecular weight is 383 g/mol. The molecular weight excluding hydrogens is 370 g/mol. The predicted molar refractivity (Wildman–Crippen MR) is 78.3 cm³/mol. The van der Waals surface area contributed by atoms with Crippen molar-refractivity contribution in [1.82, 2.24) is 4.31 Å². The summed E-state index contributed by atoms with van der Waals surface area (Å²) in [5.74, 6) is -1.05. The summed E-state index contributed by atoms with van der Waals surface area (Å²) in [6.07, 6.45) is 0.541. The fraction of sp³-hybridized carbons (Fsp3) is 0.417. The fourth-order valence-corrected chi connectivity index (χ4v) is 4.79. The fourth-order valence-electron chi connectivity index (χ4n) is 2.25. The van der Waals surface area contributed by atoms with Crippen molar-refractivity contribution in [3.63, 3.8) is 0 Å². The molecule has 1 heterocycles. The van der Waals surface area contributed by atoms with Gasteiger partial charge >= 0.3 is 5.97 Å². The smallest absolute Gasteiger partial charge is 0.303 e. The molecule has 0 aromatic heterocycles. The predicted octanol–water partition coefficient (Wildman–Crippen LogP) is 2.59. The van der Waals surface area contributed by atoms with Gasteiger partial charge in [0.15, 0.2) is 0 Å². The first-order valence-corrected chi connectivity index (χ1v) is 8.59. The van der Waals surface area contributed by atoms with Crippen molar-refractivity contribution in [1.29, 1.82) is 0 Å². The first-order valence-electron chi connectivity index (χ1n) is 5.97. The van der Waals surface area contributed by atoms with Crippen LogP contribution in [0.25, 0.3) is 0 Å². The lowest BCUT2D eigenvalue weighted by Gasteiger charge is -2.17. The standard InChI is InChI=1S/C12H13BrClNO4S/c13-9-1-2-11(10(14)6-9)20(18,19)15-4-3-8(7-15)5-12(16)17/h1-2,6,8H,3-5,7H2,(H,16,17). The lowest BCUT2D eigenvalue weighted by molar-refractivity contribution is -0.137. The first-order chi connectivity index (χ1) is 9.30. The van der Waals surface area contributed by atoms with Crippen LogP contribution in [0.4, 0.5) is 0 Å². The molecule has 0 saturated carbocycles. The van der Waals surface area contributed by atoms with E-state index >= 15 is 0 Å². The Morgan fingerprint density at radius 2 is 2.20 bits per heavy atom. The largest absolute Gasteiger partial charge is 0.481 e. The number of carboxylic acid groups (broad SMARTS) is 1. The highest BCUT2D eigenvalue weighted by molar-refractivity contribution is 9.10. The summed E-state index contributed by atoms with van der Waals surface area (Å²) in [4.78, 5) is 10.7. The van der Waals surface area contributed by atoms with E-state index in [1.165, 1.54) is 16.4 Å². The number of hydrogen-bond acceptors (Lipinski definition) is 3. The molecule has 1 unspecified atom stereocenters. The molecule has 1 aromatic rings. The van der Waals surface area contributed by atoms with E-state index in [-0.39, 0.29) is 28.8 Å². The Kier molecular flexibility index (Phi) is 4.73. The number of carbonyl (C=O) groups is 1. The molecule has 1 fully saturated rings. The lowest BCUT2D eigenvalue weighted by atomic mass is 10.1. The number of halogens is 2. The Bertz CT molecular complexity index is 634. The summed E-state index contributed by atoms with van der Waals surface area (Å²) < 4.78 is 27.0. The minimum absolute atomic E-state index is 0.0138. The van der Waals surface area contributed by atoms with Crippen LogP contribution in [0.3, 0.4) is 0 Å². The van der Waals surface area contributed by atoms with Gasteiger partial charge in [-0.05, 0) is 30.5 Å². The van der Waals surface area contributed by atoms with Gasteiger partial charge in [-0.3, -0.25) is 4.79 Å². The third-order valence-corrected chi connectivity index (χ3v) is 6.06. The Labute approximate surface area is 130 Å². The van der Waals surface area contributed by atoms with Crippen LogP contribution in [0.2, 0.25) is 5.02 Å². The molecule has 20 heavy (non-hydrogen) atoms. The van der Waals surface area contributed by atoms with Gasteiger partial charge < -0.3 is 5.11 Å². The van der Waals surface area contributed by atoms with E-state index in [4.69, 9.17) is 16.7 Å². The quantitative estimate of drug-likeness (QED) is 0.868. The molecular formula is C12H13BrClNO4S. The van der Waals surface area contributed by atoms with Crippen LogP contribution in [-0.2, 0) is 14.8 Å². The van der Waals surface area contributed by atoms with Crippen molar-refractivity contribution in [2.24, 2.45) is 5.92 Å². The zero-order chi connectivity index (χ0) is 14.9. The second-order valence-corrected chi connectivity index (χ2v) is 7.92. The van der Waals surface area contributed by atoms with Crippen LogP contribution in [0.5, 0.6) is 0 Å². The number of sulfonamides is 1. The van der Waals surface area contributed by atoms with Crippen molar-refractivity contribution in [3.8, 4) is 0 Å². The average Bonchev–Trinajstić information content (AvgIpc) is 2.76. The topological polar surface area (TPSA) is 74.7 Å². The Hall–Kier alpha value is -0.630. The summed E-state index contributed by atoms with van der Waals surface area (Å²) in [5.41, 5.74) is 0. The molecule has 8 heteroatoms. The highest BCUT2D eigenvalue weighted by Gasteiger charge is 2.34. The normalized spacial score (nSPS) is 20.2. The van der Waals surface area contributed by atoms with Crippen LogP contribution >= 0.6 is 27.5 Å². The molecule has 0 aliphatic carbocycles. The molecule has 0 amide bonds. The van der Waals surface area contributed by atoms with Crippen molar-refractivity contribution in [3.05, 3.63) is 27.7 Å². The molecule has 0 radical (unpaired) electrons. The van der Waals surface area contributed by atoms with E-state index < -0.39 is 16.0 Å². The molecule has 1 saturated heterocycles. The highest BCUT2D eigenvalue weighted by Crippen LogP contribution is 2.31. The van der Waals surface area contributed by atoms with Crippen LogP contribution in [0.1, 0.15) is 12.8 Å². The van der Waals surface area contributed by atoms with E-state index in [2.05, 4.69) is 15.9 Å². The second-order valence-electron chi connectivity index (χ2n) is 4.69. The van der Waals surface area contributed by atoms with Gasteiger partial charge in [0.05, 0.1) is 5.02 Å². The molecule has 0 spiro atoms. The SMILES string of the molecule is O=C(O)CC1CCN(S(=O)(=O)c2ccc(Br)cc2Cl)C1. The van der Waals surface area contributed by atoms with Crippen molar-refractivity contribution >= 4 is 43.5 Å². The Morgan fingerprint density at radius 1 is 1.50 bits per heavy atom. The number of aliphatic carboxylic acids is 1. The molecule has 1 aromatic carbocycles. The highest BCUT2D eigenvalue weighted by atomic mass is 79.9. The molecule has 1 aliphatic rings. The number of rotatable bonds is 4. The van der Waals surface area contributed by atoms with Gasteiger partial charge in [0.1, 0.15) is 4.90 Å². The van der Waals surface area contributed by atoms with Crippen molar-refractivity contribution < 1.29 is 18.3 Å². The molecule has 1 atom stereocenters. The van der Waals surface area contributed by atoms with Gasteiger partial charge in [0.25, 0.3) is 0 Å². The summed E-state index contributed by atoms with van der Waals surface area (Å²) in [6.45, 7) is 0.549. The summed E-state index contributed by atoms with van der Waals surface area (Å²) >= 11 is 9.21. The van der Waals surface area contributed by atoms with Crippen LogP contribution in [0, 0.1) is 5.92 Å².